The van der Waals surface area contributed by atoms with Crippen LogP contribution in [0.5, 0.6) is 5.75 Å². The number of rotatable bonds is 8. The van der Waals surface area contributed by atoms with E-state index in [-0.39, 0.29) is 28.1 Å². The van der Waals surface area contributed by atoms with Crippen molar-refractivity contribution in [2.24, 2.45) is 16.0 Å². The summed E-state index contributed by atoms with van der Waals surface area (Å²) >= 11 is 1.18. The number of halogens is 3. The Bertz CT molecular complexity index is 1160. The summed E-state index contributed by atoms with van der Waals surface area (Å²) in [5.41, 5.74) is -2.09. The third-order valence-electron chi connectivity index (χ3n) is 4.65. The van der Waals surface area contributed by atoms with Crippen LogP contribution in [0.4, 0.5) is 13.2 Å². The largest absolute Gasteiger partial charge is 0.416 e. The van der Waals surface area contributed by atoms with Crippen molar-refractivity contribution in [2.45, 2.75) is 72.0 Å². The summed E-state index contributed by atoms with van der Waals surface area (Å²) < 4.78 is 41.6. The number of aryl methyl sites for hydroxylation is 1. The minimum Gasteiger partial charge on any atom is -0.369 e. The number of unbranched alkanes of at least 4 members (excludes halogenated alkanes) is 1. The molecule has 13 heteroatoms. The van der Waals surface area contributed by atoms with Gasteiger partial charge in [0, 0.05) is 12.0 Å². The predicted octanol–water partition coefficient (Wildman–Crippen LogP) is 4.36. The summed E-state index contributed by atoms with van der Waals surface area (Å²) in [6.07, 6.45) is -2.99. The smallest absolute Gasteiger partial charge is 0.369 e. The lowest BCUT2D eigenvalue weighted by atomic mass is 9.98. The topological polar surface area (TPSA) is 121 Å². The van der Waals surface area contributed by atoms with Gasteiger partial charge in [0.15, 0.2) is 11.5 Å². The molecule has 1 amide bonds. The van der Waals surface area contributed by atoms with E-state index in [4.69, 9.17) is 10.7 Å². The number of aromatic nitrogens is 2. The first-order chi connectivity index (χ1) is 16.3. The average Bonchev–Trinajstić information content (AvgIpc) is 3.20. The number of alkyl halides is 3. The Labute approximate surface area is 204 Å². The van der Waals surface area contributed by atoms with E-state index >= 15 is 0 Å². The molecule has 0 fully saturated rings. The van der Waals surface area contributed by atoms with Crippen LogP contribution in [0, 0.1) is 0 Å². The van der Waals surface area contributed by atoms with Crippen LogP contribution in [0.1, 0.15) is 74.8 Å². The van der Waals surface area contributed by atoms with Gasteiger partial charge in [0.1, 0.15) is 5.01 Å². The number of benzene rings is 1. The van der Waals surface area contributed by atoms with Gasteiger partial charge in [-0.3, -0.25) is 4.79 Å². The Morgan fingerprint density at radius 2 is 1.89 bits per heavy atom. The summed E-state index contributed by atoms with van der Waals surface area (Å²) in [7, 11) is 0. The van der Waals surface area contributed by atoms with Crippen LogP contribution in [0.15, 0.2) is 28.3 Å². The van der Waals surface area contributed by atoms with Gasteiger partial charge >= 0.3 is 12.1 Å². The lowest BCUT2D eigenvalue weighted by Gasteiger charge is -2.12. The molecule has 2 N–H and O–H groups in total. The van der Waals surface area contributed by atoms with Gasteiger partial charge in [-0.2, -0.15) is 29.2 Å². The van der Waals surface area contributed by atoms with Crippen molar-refractivity contribution in [3.05, 3.63) is 39.1 Å². The molecule has 9 nitrogen and oxygen atoms in total. The third kappa shape index (κ3) is 7.46. The summed E-state index contributed by atoms with van der Waals surface area (Å²) in [5.74, 6) is 2.57. The van der Waals surface area contributed by atoms with Crippen molar-refractivity contribution in [3.8, 4) is 5.75 Å². The lowest BCUT2D eigenvalue weighted by Crippen LogP contribution is -2.21. The first-order valence-electron chi connectivity index (χ1n) is 10.9. The van der Waals surface area contributed by atoms with Crippen LogP contribution in [-0.4, -0.2) is 27.4 Å². The van der Waals surface area contributed by atoms with Crippen molar-refractivity contribution < 1.29 is 32.4 Å². The second-order valence-corrected chi connectivity index (χ2v) is 9.49. The van der Waals surface area contributed by atoms with E-state index in [1.807, 2.05) is 27.7 Å². The second kappa shape index (κ2) is 11.6. The van der Waals surface area contributed by atoms with Gasteiger partial charge in [-0.25, -0.2) is 9.48 Å². The van der Waals surface area contributed by atoms with Crippen LogP contribution in [0.2, 0.25) is 0 Å². The maximum atomic E-state index is 13.4. The van der Waals surface area contributed by atoms with Crippen molar-refractivity contribution in [2.75, 3.05) is 0 Å². The number of nitrogens with zero attached hydrogens (tertiary/aromatic N) is 4. The van der Waals surface area contributed by atoms with E-state index < -0.39 is 29.2 Å². The number of hydrogen-bond acceptors (Lipinski definition) is 8. The first kappa shape index (κ1) is 28.2. The molecule has 2 aromatic rings. The van der Waals surface area contributed by atoms with Crippen LogP contribution in [0.3, 0.4) is 0 Å². The normalized spacial score (nSPS) is 13.2. The number of carbonyl (C=O) groups excluding carboxylic acids is 2. The minimum absolute atomic E-state index is 0.0677. The van der Waals surface area contributed by atoms with Crippen molar-refractivity contribution in [3.63, 3.8) is 0 Å². The van der Waals surface area contributed by atoms with Gasteiger partial charge in [0.05, 0.1) is 11.1 Å². The molecule has 0 saturated heterocycles. The summed E-state index contributed by atoms with van der Waals surface area (Å²) in [4.78, 5) is 38.3. The Balaban J connectivity index is 2.61. The molecule has 1 aromatic carbocycles. The molecule has 0 aliphatic rings. The second-order valence-electron chi connectivity index (χ2n) is 8.53. The Morgan fingerprint density at radius 3 is 2.43 bits per heavy atom. The van der Waals surface area contributed by atoms with Crippen molar-refractivity contribution in [1.29, 1.82) is 0 Å². The minimum atomic E-state index is -4.71. The van der Waals surface area contributed by atoms with E-state index in [1.54, 1.807) is 11.6 Å². The Morgan fingerprint density at radius 1 is 1.20 bits per heavy atom. The number of nitrogens with two attached hydrogens (primary N) is 1. The highest BCUT2D eigenvalue weighted by atomic mass is 32.1. The molecule has 0 radical (unpaired) electrons. The Kier molecular flexibility index (Phi) is 9.32. The van der Waals surface area contributed by atoms with E-state index in [9.17, 15) is 22.8 Å². The van der Waals surface area contributed by atoms with Crippen molar-refractivity contribution >= 4 is 28.9 Å². The summed E-state index contributed by atoms with van der Waals surface area (Å²) in [6, 6.07) is 2.31. The molecule has 0 saturated carbocycles. The number of amides is 1. The van der Waals surface area contributed by atoms with E-state index in [2.05, 4.69) is 20.1 Å². The van der Waals surface area contributed by atoms with E-state index in [0.717, 1.165) is 30.0 Å². The molecule has 0 spiro atoms. The molecule has 0 unspecified atom stereocenters. The lowest BCUT2D eigenvalue weighted by molar-refractivity contribution is -0.138. The van der Waals surface area contributed by atoms with Gasteiger partial charge in [0.2, 0.25) is 4.80 Å². The van der Waals surface area contributed by atoms with Crippen molar-refractivity contribution in [1.82, 2.24) is 9.78 Å². The Hall–Kier alpha value is -3.06. The highest BCUT2D eigenvalue weighted by Crippen LogP contribution is 2.33. The molecular weight excluding hydrogens is 487 g/mol. The summed E-state index contributed by atoms with van der Waals surface area (Å²) in [6.45, 7) is 9.92. The molecule has 35 heavy (non-hydrogen) atoms. The number of carbonyl (C=O) groups is 2. The highest BCUT2D eigenvalue weighted by Gasteiger charge is 2.32. The van der Waals surface area contributed by atoms with Crippen LogP contribution >= 0.6 is 11.3 Å². The van der Waals surface area contributed by atoms with Gasteiger partial charge in [0.25, 0.3) is 5.91 Å². The maximum absolute atomic E-state index is 13.4. The third-order valence-corrected chi connectivity index (χ3v) is 6.02. The maximum Gasteiger partial charge on any atom is 0.416 e. The van der Waals surface area contributed by atoms with Crippen LogP contribution in [-0.2, 0) is 27.8 Å². The molecule has 0 aliphatic carbocycles. The monoisotopic (exact) mass is 515 g/mol. The van der Waals surface area contributed by atoms with Gasteiger partial charge in [-0.05, 0) is 31.0 Å². The standard InChI is InChI=1S/C22H28F3N5O4S/c1-6-8-11-30-20(35-19(28-30)21(3,4)5)27-17(31)14-12-13(22(23,24)25)9-10-16(14)34-29-15(7-2)18(32)33-26/h9-10,12H,6-8,11,26H2,1-5H3/b27-20?,29-15+. The number of hydrogen-bond donors (Lipinski definition) is 1. The van der Waals surface area contributed by atoms with Crippen LogP contribution in [0.25, 0.3) is 0 Å². The molecular formula is C22H28F3N5O4S. The van der Waals surface area contributed by atoms with Gasteiger partial charge < -0.3 is 9.68 Å². The fourth-order valence-corrected chi connectivity index (χ4v) is 3.65. The van der Waals surface area contributed by atoms with E-state index in [0.29, 0.717) is 12.6 Å². The fourth-order valence-electron chi connectivity index (χ4n) is 2.67. The zero-order valence-corrected chi connectivity index (χ0v) is 20.9. The first-order valence-corrected chi connectivity index (χ1v) is 11.7. The van der Waals surface area contributed by atoms with Gasteiger partial charge in [-0.15, -0.1) is 0 Å². The quantitative estimate of drug-likeness (QED) is 0.412. The molecule has 0 aliphatic heterocycles. The van der Waals surface area contributed by atoms with Crippen LogP contribution < -0.4 is 15.5 Å². The molecule has 0 bridgehead atoms. The molecule has 0 atom stereocenters. The van der Waals surface area contributed by atoms with Gasteiger partial charge in [-0.1, -0.05) is 57.5 Å². The average molecular weight is 516 g/mol. The molecule has 1 aromatic heterocycles. The molecule has 192 valence electrons. The van der Waals surface area contributed by atoms with E-state index in [1.165, 1.54) is 11.3 Å². The molecule has 1 heterocycles. The zero-order valence-electron chi connectivity index (χ0n) is 20.1. The zero-order chi connectivity index (χ0) is 26.4. The highest BCUT2D eigenvalue weighted by molar-refractivity contribution is 7.09. The fraction of sp³-hybridized carbons (Fsp3) is 0.500. The predicted molar refractivity (Wildman–Crippen MR) is 124 cm³/mol. The summed E-state index contributed by atoms with van der Waals surface area (Å²) in [5, 5.41) is 8.85. The molecule has 2 rings (SSSR count). The number of oxime groups is 1. The SMILES string of the molecule is CCCCn1nc(C(C)(C)C)sc1=NC(=O)c1cc(C(F)(F)F)ccc1O/N=C(\CC)C(=O)ON.